The Morgan fingerprint density at radius 1 is 0.438 bits per heavy atom. The third kappa shape index (κ3) is 5.14. The predicted octanol–water partition coefficient (Wildman–Crippen LogP) is 11.4. The molecular formula is C45H33N3. The fourth-order valence-electron chi connectivity index (χ4n) is 7.29. The van der Waals surface area contributed by atoms with Crippen LogP contribution in [-0.2, 0) is 6.42 Å². The van der Waals surface area contributed by atoms with Crippen LogP contribution in [0.3, 0.4) is 0 Å². The van der Waals surface area contributed by atoms with E-state index in [0.717, 1.165) is 47.9 Å². The van der Waals surface area contributed by atoms with E-state index in [2.05, 4.69) is 146 Å². The average Bonchev–Trinajstić information content (AvgIpc) is 3.18. The van der Waals surface area contributed by atoms with Crippen molar-refractivity contribution < 1.29 is 0 Å². The molecule has 48 heavy (non-hydrogen) atoms. The normalized spacial score (nSPS) is 14.1. The molecule has 0 radical (unpaired) electrons. The molecule has 0 saturated heterocycles. The summed E-state index contributed by atoms with van der Waals surface area (Å²) in [6.07, 6.45) is 13.2. The standard InChI is InChI=1S/C45H33N3/c1-3-13-30(14-4-1)32-17-11-19-34(27-32)43-46-44(35-20-12-18-33(28-35)31-15-5-2-6-16-31)48-45(47-43)36-25-26-41-39-23-8-7-21-37(39)38-22-9-10-24-40(38)42(41)29-36/h1-8,10-11,13-17,19-21,23-29H,9,12,18,22H2. The minimum atomic E-state index is 0.675. The number of rotatable bonds is 5. The third-order valence-electron chi connectivity index (χ3n) is 9.65. The van der Waals surface area contributed by atoms with Gasteiger partial charge in [-0.1, -0.05) is 133 Å². The van der Waals surface area contributed by atoms with Crippen LogP contribution in [0.15, 0.2) is 146 Å². The molecule has 1 heterocycles. The van der Waals surface area contributed by atoms with E-state index in [1.807, 2.05) is 6.07 Å². The topological polar surface area (TPSA) is 38.7 Å². The molecule has 0 unspecified atom stereocenters. The molecule has 3 heteroatoms. The molecule has 228 valence electrons. The van der Waals surface area contributed by atoms with Gasteiger partial charge >= 0.3 is 0 Å². The second-order valence-corrected chi connectivity index (χ2v) is 12.6. The van der Waals surface area contributed by atoms with Gasteiger partial charge in [0.15, 0.2) is 17.5 Å². The van der Waals surface area contributed by atoms with E-state index in [-0.39, 0.29) is 0 Å². The van der Waals surface area contributed by atoms with Gasteiger partial charge in [0, 0.05) is 16.7 Å². The Labute approximate surface area is 280 Å². The van der Waals surface area contributed by atoms with Crippen molar-refractivity contribution in [3.05, 3.63) is 168 Å². The van der Waals surface area contributed by atoms with Crippen molar-refractivity contribution >= 4 is 38.8 Å². The maximum Gasteiger partial charge on any atom is 0.164 e. The van der Waals surface area contributed by atoms with Crippen molar-refractivity contribution in [1.82, 2.24) is 15.0 Å². The molecule has 0 saturated carbocycles. The molecule has 2 aliphatic carbocycles. The van der Waals surface area contributed by atoms with Crippen LogP contribution in [-0.4, -0.2) is 15.0 Å². The largest absolute Gasteiger partial charge is 0.208 e. The van der Waals surface area contributed by atoms with E-state index in [9.17, 15) is 0 Å². The summed E-state index contributed by atoms with van der Waals surface area (Å²) in [5, 5.41) is 5.16. The van der Waals surface area contributed by atoms with Crippen molar-refractivity contribution in [2.24, 2.45) is 0 Å². The number of allylic oxidation sites excluding steroid dienone is 5. The second kappa shape index (κ2) is 12.0. The van der Waals surface area contributed by atoms with Crippen LogP contribution < -0.4 is 0 Å². The van der Waals surface area contributed by atoms with Gasteiger partial charge in [-0.05, 0) is 98.8 Å². The molecule has 1 aromatic heterocycles. The van der Waals surface area contributed by atoms with Gasteiger partial charge in [0.05, 0.1) is 0 Å². The summed E-state index contributed by atoms with van der Waals surface area (Å²) in [5.41, 5.74) is 10.6. The molecule has 0 bridgehead atoms. The fourth-order valence-corrected chi connectivity index (χ4v) is 7.29. The Morgan fingerprint density at radius 2 is 1.08 bits per heavy atom. The molecule has 2 aliphatic rings. The minimum absolute atomic E-state index is 0.675. The monoisotopic (exact) mass is 615 g/mol. The van der Waals surface area contributed by atoms with Gasteiger partial charge in [0.25, 0.3) is 0 Å². The van der Waals surface area contributed by atoms with Crippen molar-refractivity contribution in [1.29, 1.82) is 0 Å². The fraction of sp³-hybridized carbons (Fsp3) is 0.0889. The molecular weight excluding hydrogens is 583 g/mol. The van der Waals surface area contributed by atoms with Gasteiger partial charge in [-0.2, -0.15) is 0 Å². The minimum Gasteiger partial charge on any atom is -0.208 e. The van der Waals surface area contributed by atoms with Crippen LogP contribution in [0.4, 0.5) is 0 Å². The molecule has 0 atom stereocenters. The van der Waals surface area contributed by atoms with Gasteiger partial charge < -0.3 is 0 Å². The molecule has 0 amide bonds. The maximum atomic E-state index is 5.19. The zero-order valence-corrected chi connectivity index (χ0v) is 26.6. The number of nitrogens with zero attached hydrogens (tertiary/aromatic N) is 3. The number of fused-ring (bicyclic) bond motifs is 6. The lowest BCUT2D eigenvalue weighted by Gasteiger charge is -2.18. The highest BCUT2D eigenvalue weighted by atomic mass is 15.0. The lowest BCUT2D eigenvalue weighted by molar-refractivity contribution is 1.00. The Bertz CT molecular complexity index is 2440. The number of hydrogen-bond donors (Lipinski definition) is 0. The molecule has 7 aromatic rings. The first-order chi connectivity index (χ1) is 23.8. The Hall–Kier alpha value is -5.93. The van der Waals surface area contributed by atoms with Crippen LogP contribution >= 0.6 is 0 Å². The lowest BCUT2D eigenvalue weighted by Crippen LogP contribution is -2.04. The van der Waals surface area contributed by atoms with Gasteiger partial charge in [0.1, 0.15) is 0 Å². The number of hydrogen-bond acceptors (Lipinski definition) is 3. The predicted molar refractivity (Wildman–Crippen MR) is 200 cm³/mol. The number of aryl methyl sites for hydroxylation is 1. The highest BCUT2D eigenvalue weighted by Crippen LogP contribution is 2.39. The van der Waals surface area contributed by atoms with Gasteiger partial charge in [0.2, 0.25) is 0 Å². The molecule has 9 rings (SSSR count). The van der Waals surface area contributed by atoms with Crippen molar-refractivity contribution in [3.8, 4) is 33.9 Å². The summed E-state index contributed by atoms with van der Waals surface area (Å²) >= 11 is 0. The van der Waals surface area contributed by atoms with Crippen LogP contribution in [0.1, 0.15) is 41.8 Å². The lowest BCUT2D eigenvalue weighted by atomic mass is 9.86. The molecule has 0 aliphatic heterocycles. The van der Waals surface area contributed by atoms with Crippen LogP contribution in [0.2, 0.25) is 0 Å². The number of aromatic nitrogens is 3. The summed E-state index contributed by atoms with van der Waals surface area (Å²) in [6, 6.07) is 45.2. The van der Waals surface area contributed by atoms with E-state index >= 15 is 0 Å². The summed E-state index contributed by atoms with van der Waals surface area (Å²) in [4.78, 5) is 15.5. The van der Waals surface area contributed by atoms with E-state index in [1.165, 1.54) is 49.4 Å². The third-order valence-corrected chi connectivity index (χ3v) is 9.65. The van der Waals surface area contributed by atoms with Crippen LogP contribution in [0, 0.1) is 0 Å². The van der Waals surface area contributed by atoms with E-state index in [0.29, 0.717) is 17.5 Å². The van der Waals surface area contributed by atoms with Gasteiger partial charge in [-0.15, -0.1) is 0 Å². The molecule has 0 N–H and O–H groups in total. The molecule has 6 aromatic carbocycles. The van der Waals surface area contributed by atoms with E-state index < -0.39 is 0 Å². The van der Waals surface area contributed by atoms with Crippen molar-refractivity contribution in [3.63, 3.8) is 0 Å². The first-order valence-corrected chi connectivity index (χ1v) is 16.8. The zero-order chi connectivity index (χ0) is 31.9. The highest BCUT2D eigenvalue weighted by molar-refractivity contribution is 6.13. The molecule has 0 fully saturated rings. The summed E-state index contributed by atoms with van der Waals surface area (Å²) in [5.74, 6) is 2.06. The first-order valence-electron chi connectivity index (χ1n) is 16.8. The van der Waals surface area contributed by atoms with Gasteiger partial charge in [-0.25, -0.2) is 15.0 Å². The Balaban J connectivity index is 1.23. The second-order valence-electron chi connectivity index (χ2n) is 12.6. The van der Waals surface area contributed by atoms with Crippen molar-refractivity contribution in [2.45, 2.75) is 25.7 Å². The average molecular weight is 616 g/mol. The summed E-state index contributed by atoms with van der Waals surface area (Å²) < 4.78 is 0. The number of benzene rings is 6. The van der Waals surface area contributed by atoms with Crippen molar-refractivity contribution in [2.75, 3.05) is 0 Å². The van der Waals surface area contributed by atoms with Crippen LogP contribution in [0.5, 0.6) is 0 Å². The van der Waals surface area contributed by atoms with Crippen LogP contribution in [0.25, 0.3) is 72.7 Å². The SMILES string of the molecule is C1=Cc2c(c3ccccc3c3ccc(-c4nc(C5=CCCC(c6ccccc6)=C5)nc(-c5cccc(-c6ccccc6)c5)n4)cc23)CC1. The zero-order valence-electron chi connectivity index (χ0n) is 26.6. The maximum absolute atomic E-state index is 5.19. The quantitative estimate of drug-likeness (QED) is 0.181. The van der Waals surface area contributed by atoms with E-state index in [1.54, 1.807) is 0 Å². The summed E-state index contributed by atoms with van der Waals surface area (Å²) in [7, 11) is 0. The highest BCUT2D eigenvalue weighted by Gasteiger charge is 2.19. The summed E-state index contributed by atoms with van der Waals surface area (Å²) in [6.45, 7) is 0. The molecule has 0 spiro atoms. The smallest absolute Gasteiger partial charge is 0.164 e. The van der Waals surface area contributed by atoms with E-state index in [4.69, 9.17) is 15.0 Å². The Morgan fingerprint density at radius 3 is 1.90 bits per heavy atom. The Kier molecular flexibility index (Phi) is 7.09. The molecule has 3 nitrogen and oxygen atoms in total. The first kappa shape index (κ1) is 28.3. The van der Waals surface area contributed by atoms with Gasteiger partial charge in [-0.3, -0.25) is 0 Å².